The van der Waals surface area contributed by atoms with Gasteiger partial charge in [0.05, 0.1) is 11.9 Å². The van der Waals surface area contributed by atoms with Gasteiger partial charge in [-0.3, -0.25) is 0 Å². The van der Waals surface area contributed by atoms with Crippen LogP contribution in [0.3, 0.4) is 0 Å². The normalized spacial score (nSPS) is 11.6. The molecule has 0 atom stereocenters. The number of hydrogen-bond donors (Lipinski definition) is 1. The van der Waals surface area contributed by atoms with Crippen molar-refractivity contribution >= 4 is 11.6 Å². The first-order valence-electron chi connectivity index (χ1n) is 6.33. The van der Waals surface area contributed by atoms with Crippen molar-refractivity contribution in [3.05, 3.63) is 46.7 Å². The highest BCUT2D eigenvalue weighted by atomic mass is 35.5. The Bertz CT molecular complexity index is 582. The molecule has 0 spiro atoms. The van der Waals surface area contributed by atoms with Crippen molar-refractivity contribution in [1.29, 1.82) is 0 Å². The number of nitrogens with one attached hydrogen (secondary N) is 1. The third kappa shape index (κ3) is 3.35. The van der Waals surface area contributed by atoms with Gasteiger partial charge in [-0.25, -0.2) is 13.5 Å². The van der Waals surface area contributed by atoms with Gasteiger partial charge in [0.25, 0.3) is 6.43 Å². The third-order valence-corrected chi connectivity index (χ3v) is 3.08. The fraction of sp³-hybridized carbons (Fsp3) is 0.357. The van der Waals surface area contributed by atoms with E-state index in [4.69, 9.17) is 11.6 Å². The molecule has 0 saturated carbocycles. The van der Waals surface area contributed by atoms with E-state index in [0.717, 1.165) is 0 Å². The standard InChI is InChI=1S/C14H16ClF2N3/c1-9(2)18-7-10-8-19-20(13(10)14(16)17)12-5-3-4-11(15)6-12/h3-6,8-9,14,18H,7H2,1-2H3. The lowest BCUT2D eigenvalue weighted by molar-refractivity contribution is 0.141. The maximum atomic E-state index is 13.3. The van der Waals surface area contributed by atoms with Crippen LogP contribution < -0.4 is 5.32 Å². The molecule has 20 heavy (non-hydrogen) atoms. The lowest BCUT2D eigenvalue weighted by Gasteiger charge is -2.11. The monoisotopic (exact) mass is 299 g/mol. The number of alkyl halides is 2. The highest BCUT2D eigenvalue weighted by molar-refractivity contribution is 6.30. The van der Waals surface area contributed by atoms with Gasteiger partial charge in [-0.1, -0.05) is 31.5 Å². The zero-order valence-electron chi connectivity index (χ0n) is 11.3. The molecule has 6 heteroatoms. The lowest BCUT2D eigenvalue weighted by atomic mass is 10.2. The largest absolute Gasteiger partial charge is 0.310 e. The van der Waals surface area contributed by atoms with E-state index in [-0.39, 0.29) is 11.7 Å². The molecule has 0 bridgehead atoms. The average Bonchev–Trinajstić information content (AvgIpc) is 2.80. The second-order valence-electron chi connectivity index (χ2n) is 4.78. The van der Waals surface area contributed by atoms with Crippen LogP contribution in [-0.2, 0) is 6.54 Å². The van der Waals surface area contributed by atoms with Crippen LogP contribution in [0.2, 0.25) is 5.02 Å². The zero-order valence-corrected chi connectivity index (χ0v) is 12.0. The Hall–Kier alpha value is -1.46. The average molecular weight is 300 g/mol. The van der Waals surface area contributed by atoms with Crippen molar-refractivity contribution < 1.29 is 8.78 Å². The van der Waals surface area contributed by atoms with Crippen LogP contribution in [0.25, 0.3) is 5.69 Å². The van der Waals surface area contributed by atoms with E-state index in [1.54, 1.807) is 24.3 Å². The van der Waals surface area contributed by atoms with E-state index >= 15 is 0 Å². The van der Waals surface area contributed by atoms with Gasteiger partial charge in [-0.15, -0.1) is 0 Å². The Morgan fingerprint density at radius 1 is 1.35 bits per heavy atom. The number of benzene rings is 1. The number of aromatic nitrogens is 2. The predicted octanol–water partition coefficient (Wildman–Crippen LogP) is 3.96. The van der Waals surface area contributed by atoms with Crippen molar-refractivity contribution in [3.63, 3.8) is 0 Å². The first-order chi connectivity index (χ1) is 9.49. The van der Waals surface area contributed by atoms with Crippen LogP contribution in [0, 0.1) is 0 Å². The fourth-order valence-electron chi connectivity index (χ4n) is 1.89. The summed E-state index contributed by atoms with van der Waals surface area (Å²) in [5, 5.41) is 7.67. The minimum Gasteiger partial charge on any atom is -0.310 e. The maximum Gasteiger partial charge on any atom is 0.280 e. The zero-order chi connectivity index (χ0) is 14.7. The highest BCUT2D eigenvalue weighted by Gasteiger charge is 2.21. The first-order valence-corrected chi connectivity index (χ1v) is 6.71. The van der Waals surface area contributed by atoms with E-state index in [0.29, 0.717) is 22.8 Å². The summed E-state index contributed by atoms with van der Waals surface area (Å²) in [5.41, 5.74) is 0.928. The SMILES string of the molecule is CC(C)NCc1cnn(-c2cccc(Cl)c2)c1C(F)F. The summed E-state index contributed by atoms with van der Waals surface area (Å²) in [5.74, 6) is 0. The van der Waals surface area contributed by atoms with Crippen molar-refractivity contribution in [3.8, 4) is 5.69 Å². The smallest absolute Gasteiger partial charge is 0.280 e. The molecule has 0 radical (unpaired) electrons. The van der Waals surface area contributed by atoms with Crippen LogP contribution >= 0.6 is 11.6 Å². The molecule has 2 aromatic rings. The molecule has 0 aliphatic carbocycles. The Labute approximate surface area is 121 Å². The third-order valence-electron chi connectivity index (χ3n) is 2.85. The number of rotatable bonds is 5. The molecule has 0 saturated heterocycles. The molecule has 0 aliphatic rings. The second kappa shape index (κ2) is 6.33. The number of nitrogens with zero attached hydrogens (tertiary/aromatic N) is 2. The highest BCUT2D eigenvalue weighted by Crippen LogP contribution is 2.26. The summed E-state index contributed by atoms with van der Waals surface area (Å²) >= 11 is 5.90. The van der Waals surface area contributed by atoms with Gasteiger partial charge in [0.2, 0.25) is 0 Å². The predicted molar refractivity (Wildman–Crippen MR) is 75.5 cm³/mol. The van der Waals surface area contributed by atoms with Crippen LogP contribution in [-0.4, -0.2) is 15.8 Å². The Balaban J connectivity index is 2.39. The molecule has 0 unspecified atom stereocenters. The van der Waals surface area contributed by atoms with Crippen molar-refractivity contribution in [2.45, 2.75) is 32.9 Å². The van der Waals surface area contributed by atoms with E-state index in [2.05, 4.69) is 10.4 Å². The number of hydrogen-bond acceptors (Lipinski definition) is 2. The molecule has 1 N–H and O–H groups in total. The van der Waals surface area contributed by atoms with Gasteiger partial charge in [0.15, 0.2) is 0 Å². The van der Waals surface area contributed by atoms with E-state index in [1.165, 1.54) is 10.9 Å². The van der Waals surface area contributed by atoms with Crippen LogP contribution in [0.1, 0.15) is 31.5 Å². The van der Waals surface area contributed by atoms with Crippen LogP contribution in [0.15, 0.2) is 30.5 Å². The molecule has 0 fully saturated rings. The quantitative estimate of drug-likeness (QED) is 0.905. The summed E-state index contributed by atoms with van der Waals surface area (Å²) < 4.78 is 27.9. The van der Waals surface area contributed by atoms with Gasteiger partial charge in [-0.2, -0.15) is 5.10 Å². The lowest BCUT2D eigenvalue weighted by Crippen LogP contribution is -2.22. The Kier molecular flexibility index (Phi) is 4.73. The summed E-state index contributed by atoms with van der Waals surface area (Å²) in [4.78, 5) is 0. The molecular weight excluding hydrogens is 284 g/mol. The summed E-state index contributed by atoms with van der Waals surface area (Å²) in [7, 11) is 0. The van der Waals surface area contributed by atoms with Crippen LogP contribution in [0.4, 0.5) is 8.78 Å². The van der Waals surface area contributed by atoms with E-state index in [1.807, 2.05) is 13.8 Å². The molecule has 2 rings (SSSR count). The minimum absolute atomic E-state index is 0.0968. The van der Waals surface area contributed by atoms with Gasteiger partial charge in [0.1, 0.15) is 5.69 Å². The number of halogens is 3. The summed E-state index contributed by atoms with van der Waals surface area (Å²) in [6.07, 6.45) is -1.13. The molecule has 3 nitrogen and oxygen atoms in total. The van der Waals surface area contributed by atoms with E-state index in [9.17, 15) is 8.78 Å². The van der Waals surface area contributed by atoms with Gasteiger partial charge in [0, 0.05) is 23.2 Å². The maximum absolute atomic E-state index is 13.3. The molecule has 108 valence electrons. The topological polar surface area (TPSA) is 29.9 Å². The van der Waals surface area contributed by atoms with Gasteiger partial charge < -0.3 is 5.32 Å². The van der Waals surface area contributed by atoms with Crippen molar-refractivity contribution in [2.75, 3.05) is 0 Å². The Morgan fingerprint density at radius 3 is 2.70 bits per heavy atom. The molecule has 1 aromatic carbocycles. The summed E-state index contributed by atoms with van der Waals surface area (Å²) in [6.45, 7) is 4.28. The molecule has 0 aliphatic heterocycles. The fourth-order valence-corrected chi connectivity index (χ4v) is 2.07. The first kappa shape index (κ1) is 14.9. The van der Waals surface area contributed by atoms with Crippen LogP contribution in [0.5, 0.6) is 0 Å². The molecule has 1 heterocycles. The summed E-state index contributed by atoms with van der Waals surface area (Å²) in [6, 6.07) is 6.93. The molecule has 1 aromatic heterocycles. The second-order valence-corrected chi connectivity index (χ2v) is 5.22. The van der Waals surface area contributed by atoms with Crippen molar-refractivity contribution in [1.82, 2.24) is 15.1 Å². The van der Waals surface area contributed by atoms with Gasteiger partial charge >= 0.3 is 0 Å². The molecule has 0 amide bonds. The molecular formula is C14H16ClF2N3. The van der Waals surface area contributed by atoms with Gasteiger partial charge in [-0.05, 0) is 18.2 Å². The van der Waals surface area contributed by atoms with E-state index < -0.39 is 6.43 Å². The Morgan fingerprint density at radius 2 is 2.10 bits per heavy atom. The van der Waals surface area contributed by atoms with Crippen molar-refractivity contribution in [2.24, 2.45) is 0 Å². The minimum atomic E-state index is -2.60.